The van der Waals surface area contributed by atoms with Gasteiger partial charge in [-0.1, -0.05) is 25.1 Å². The molecule has 1 aromatic carbocycles. The van der Waals surface area contributed by atoms with Crippen LogP contribution < -0.4 is 10.2 Å². The maximum Gasteiger partial charge on any atom is 0.0401 e. The van der Waals surface area contributed by atoms with Gasteiger partial charge in [-0.05, 0) is 63.1 Å². The van der Waals surface area contributed by atoms with E-state index in [2.05, 4.69) is 48.3 Å². The largest absolute Gasteiger partial charge is 0.368 e. The first-order chi connectivity index (χ1) is 9.74. The van der Waals surface area contributed by atoms with Crippen LogP contribution in [0.1, 0.15) is 45.1 Å². The fourth-order valence-electron chi connectivity index (χ4n) is 3.40. The summed E-state index contributed by atoms with van der Waals surface area (Å²) in [6, 6.07) is 10.5. The lowest BCUT2D eigenvalue weighted by atomic mass is 9.92. The zero-order valence-corrected chi connectivity index (χ0v) is 12.9. The van der Waals surface area contributed by atoms with Crippen LogP contribution in [-0.2, 0) is 6.42 Å². The van der Waals surface area contributed by atoms with Gasteiger partial charge >= 0.3 is 0 Å². The summed E-state index contributed by atoms with van der Waals surface area (Å²) in [6.45, 7) is 7.19. The van der Waals surface area contributed by atoms with Crippen LogP contribution >= 0.6 is 0 Å². The van der Waals surface area contributed by atoms with Gasteiger partial charge in [0.05, 0.1) is 0 Å². The molecule has 2 unspecified atom stereocenters. The Kier molecular flexibility index (Phi) is 4.30. The number of fused-ring (bicyclic) bond motifs is 1. The van der Waals surface area contributed by atoms with Gasteiger partial charge in [-0.25, -0.2) is 0 Å². The van der Waals surface area contributed by atoms with E-state index in [-0.39, 0.29) is 0 Å². The van der Waals surface area contributed by atoms with E-state index in [1.165, 1.54) is 56.4 Å². The third kappa shape index (κ3) is 3.35. The maximum atomic E-state index is 3.62. The van der Waals surface area contributed by atoms with Gasteiger partial charge in [-0.15, -0.1) is 0 Å². The molecule has 0 saturated heterocycles. The number of rotatable bonds is 6. The standard InChI is InChI=1S/C18H28N2/c1-14-12-16-7-3-4-8-18(16)20(13-14)15(2)6-5-11-19-17-9-10-17/h3-4,7-8,14-15,17,19H,5-6,9-13H2,1-2H3. The van der Waals surface area contributed by atoms with Gasteiger partial charge in [-0.2, -0.15) is 0 Å². The van der Waals surface area contributed by atoms with Crippen molar-refractivity contribution in [1.82, 2.24) is 5.32 Å². The first-order valence-corrected chi connectivity index (χ1v) is 8.32. The van der Waals surface area contributed by atoms with Crippen molar-refractivity contribution < 1.29 is 0 Å². The Balaban J connectivity index is 1.57. The molecule has 3 rings (SSSR count). The lowest BCUT2D eigenvalue weighted by Gasteiger charge is -2.39. The molecule has 0 radical (unpaired) electrons. The van der Waals surface area contributed by atoms with E-state index in [9.17, 15) is 0 Å². The van der Waals surface area contributed by atoms with Gasteiger partial charge in [-0.3, -0.25) is 0 Å². The van der Waals surface area contributed by atoms with E-state index in [1.807, 2.05) is 0 Å². The van der Waals surface area contributed by atoms with Gasteiger partial charge < -0.3 is 10.2 Å². The Morgan fingerprint density at radius 2 is 2.10 bits per heavy atom. The fraction of sp³-hybridized carbons (Fsp3) is 0.667. The second kappa shape index (κ2) is 6.17. The third-order valence-electron chi connectivity index (χ3n) is 4.72. The normalized spacial score (nSPS) is 23.5. The van der Waals surface area contributed by atoms with Crippen LogP contribution in [0.25, 0.3) is 0 Å². The lowest BCUT2D eigenvalue weighted by Crippen LogP contribution is -2.41. The summed E-state index contributed by atoms with van der Waals surface area (Å²) in [5.74, 6) is 0.775. The molecule has 2 nitrogen and oxygen atoms in total. The van der Waals surface area contributed by atoms with E-state index < -0.39 is 0 Å². The molecule has 1 aromatic rings. The summed E-state index contributed by atoms with van der Waals surface area (Å²) in [5.41, 5.74) is 3.02. The van der Waals surface area contributed by atoms with Gasteiger partial charge in [0.25, 0.3) is 0 Å². The van der Waals surface area contributed by atoms with Crippen LogP contribution in [-0.4, -0.2) is 25.2 Å². The highest BCUT2D eigenvalue weighted by Crippen LogP contribution is 2.31. The van der Waals surface area contributed by atoms with Crippen LogP contribution in [0.15, 0.2) is 24.3 Å². The molecule has 0 aromatic heterocycles. The molecule has 110 valence electrons. The summed E-state index contributed by atoms with van der Waals surface area (Å²) in [4.78, 5) is 2.64. The molecule has 1 aliphatic carbocycles. The van der Waals surface area contributed by atoms with Crippen molar-refractivity contribution in [1.29, 1.82) is 0 Å². The Bertz CT molecular complexity index is 439. The lowest BCUT2D eigenvalue weighted by molar-refractivity contribution is 0.467. The van der Waals surface area contributed by atoms with Crippen molar-refractivity contribution in [2.24, 2.45) is 5.92 Å². The molecule has 2 atom stereocenters. The quantitative estimate of drug-likeness (QED) is 0.796. The van der Waals surface area contributed by atoms with Gasteiger partial charge in [0, 0.05) is 24.3 Å². The van der Waals surface area contributed by atoms with Crippen molar-refractivity contribution >= 4 is 5.69 Å². The molecule has 1 aliphatic heterocycles. The van der Waals surface area contributed by atoms with Crippen molar-refractivity contribution in [2.75, 3.05) is 18.0 Å². The molecular formula is C18H28N2. The molecule has 20 heavy (non-hydrogen) atoms. The second-order valence-electron chi connectivity index (χ2n) is 6.81. The molecule has 2 heteroatoms. The average molecular weight is 272 g/mol. The molecule has 1 heterocycles. The second-order valence-corrected chi connectivity index (χ2v) is 6.81. The minimum atomic E-state index is 0.653. The zero-order chi connectivity index (χ0) is 13.9. The smallest absolute Gasteiger partial charge is 0.0401 e. The minimum absolute atomic E-state index is 0.653. The highest BCUT2D eigenvalue weighted by Gasteiger charge is 2.25. The number of nitrogens with zero attached hydrogens (tertiary/aromatic N) is 1. The highest BCUT2D eigenvalue weighted by atomic mass is 15.2. The molecule has 0 bridgehead atoms. The Labute approximate surface area is 123 Å². The molecule has 1 saturated carbocycles. The van der Waals surface area contributed by atoms with Crippen LogP contribution in [0.5, 0.6) is 0 Å². The highest BCUT2D eigenvalue weighted by molar-refractivity contribution is 5.56. The first kappa shape index (κ1) is 13.9. The number of hydrogen-bond acceptors (Lipinski definition) is 2. The van der Waals surface area contributed by atoms with E-state index in [4.69, 9.17) is 0 Å². The van der Waals surface area contributed by atoms with E-state index in [0.717, 1.165) is 12.0 Å². The molecular weight excluding hydrogens is 244 g/mol. The van der Waals surface area contributed by atoms with Crippen molar-refractivity contribution in [3.8, 4) is 0 Å². The molecule has 1 N–H and O–H groups in total. The number of nitrogens with one attached hydrogen (secondary N) is 1. The topological polar surface area (TPSA) is 15.3 Å². The average Bonchev–Trinajstić information content (AvgIpc) is 3.26. The zero-order valence-electron chi connectivity index (χ0n) is 12.9. The van der Waals surface area contributed by atoms with E-state index in [1.54, 1.807) is 0 Å². The summed E-state index contributed by atoms with van der Waals surface area (Å²) in [7, 11) is 0. The SMILES string of the molecule is CC1Cc2ccccc2N(C(C)CCCNC2CC2)C1. The summed E-state index contributed by atoms with van der Waals surface area (Å²) < 4.78 is 0. The molecule has 2 aliphatic rings. The molecule has 0 spiro atoms. The number of benzene rings is 1. The molecule has 0 amide bonds. The first-order valence-electron chi connectivity index (χ1n) is 8.32. The summed E-state index contributed by atoms with van der Waals surface area (Å²) >= 11 is 0. The van der Waals surface area contributed by atoms with Gasteiger partial charge in [0.15, 0.2) is 0 Å². The number of hydrogen-bond donors (Lipinski definition) is 1. The Morgan fingerprint density at radius 3 is 2.90 bits per heavy atom. The van der Waals surface area contributed by atoms with Crippen LogP contribution in [0, 0.1) is 5.92 Å². The minimum Gasteiger partial charge on any atom is -0.368 e. The fourth-order valence-corrected chi connectivity index (χ4v) is 3.40. The van der Waals surface area contributed by atoms with E-state index >= 15 is 0 Å². The Hall–Kier alpha value is -1.02. The molecule has 1 fully saturated rings. The van der Waals surface area contributed by atoms with Crippen LogP contribution in [0.4, 0.5) is 5.69 Å². The van der Waals surface area contributed by atoms with E-state index in [0.29, 0.717) is 6.04 Å². The number of para-hydroxylation sites is 1. The predicted molar refractivity (Wildman–Crippen MR) is 86.4 cm³/mol. The van der Waals surface area contributed by atoms with Crippen molar-refractivity contribution in [3.63, 3.8) is 0 Å². The summed E-state index contributed by atoms with van der Waals surface area (Å²) in [5, 5.41) is 3.62. The van der Waals surface area contributed by atoms with Gasteiger partial charge in [0.1, 0.15) is 0 Å². The maximum absolute atomic E-state index is 3.62. The summed E-state index contributed by atoms with van der Waals surface area (Å²) in [6.07, 6.45) is 6.62. The van der Waals surface area contributed by atoms with Gasteiger partial charge in [0.2, 0.25) is 0 Å². The Morgan fingerprint density at radius 1 is 1.30 bits per heavy atom. The third-order valence-corrected chi connectivity index (χ3v) is 4.72. The van der Waals surface area contributed by atoms with Crippen molar-refractivity contribution in [2.45, 2.75) is 58.0 Å². The van der Waals surface area contributed by atoms with Crippen LogP contribution in [0.2, 0.25) is 0 Å². The van der Waals surface area contributed by atoms with Crippen LogP contribution in [0.3, 0.4) is 0 Å². The predicted octanol–water partition coefficient (Wildman–Crippen LogP) is 3.61. The monoisotopic (exact) mass is 272 g/mol. The number of anilines is 1. The van der Waals surface area contributed by atoms with Crippen molar-refractivity contribution in [3.05, 3.63) is 29.8 Å².